The largest absolute Gasteiger partial charge is 0.491 e. The van der Waals surface area contributed by atoms with Gasteiger partial charge < -0.3 is 19.6 Å². The summed E-state index contributed by atoms with van der Waals surface area (Å²) in [6.07, 6.45) is 0.191. The molecule has 0 amide bonds. The van der Waals surface area contributed by atoms with Crippen LogP contribution in [0.1, 0.15) is 27.2 Å². The van der Waals surface area contributed by atoms with Crippen molar-refractivity contribution >= 4 is 29.9 Å². The van der Waals surface area contributed by atoms with Crippen molar-refractivity contribution in [1.29, 1.82) is 0 Å². The molecule has 23 heavy (non-hydrogen) atoms. The molecule has 0 saturated heterocycles. The van der Waals surface area contributed by atoms with Crippen LogP contribution < -0.4 is 10.1 Å². The van der Waals surface area contributed by atoms with Crippen molar-refractivity contribution in [3.05, 3.63) is 22.7 Å². The number of aliphatic hydroxyl groups is 1. The highest BCUT2D eigenvalue weighted by Gasteiger charge is 2.38. The highest BCUT2D eigenvalue weighted by molar-refractivity contribution is 9.10. The van der Waals surface area contributed by atoms with E-state index in [-0.39, 0.29) is 11.1 Å². The van der Waals surface area contributed by atoms with Crippen LogP contribution in [0.25, 0.3) is 0 Å². The van der Waals surface area contributed by atoms with E-state index in [1.807, 2.05) is 18.2 Å². The van der Waals surface area contributed by atoms with E-state index in [0.29, 0.717) is 13.2 Å². The summed E-state index contributed by atoms with van der Waals surface area (Å²) in [4.78, 5) is 0. The summed E-state index contributed by atoms with van der Waals surface area (Å²) in [5.74, 6) is 0.819. The van der Waals surface area contributed by atoms with Gasteiger partial charge in [0.15, 0.2) is 8.32 Å². The fourth-order valence-corrected chi connectivity index (χ4v) is 3.58. The molecule has 0 spiro atoms. The van der Waals surface area contributed by atoms with Gasteiger partial charge in [-0.15, -0.1) is 0 Å². The van der Waals surface area contributed by atoms with E-state index in [1.54, 1.807) is 0 Å². The molecule has 0 aromatic heterocycles. The molecule has 1 aromatic rings. The fourth-order valence-electron chi connectivity index (χ4n) is 2.22. The third-order valence-corrected chi connectivity index (χ3v) is 9.85. The van der Waals surface area contributed by atoms with E-state index in [1.165, 1.54) is 0 Å². The Morgan fingerprint density at radius 3 is 2.78 bits per heavy atom. The van der Waals surface area contributed by atoms with E-state index in [0.717, 1.165) is 22.3 Å². The lowest BCUT2D eigenvalue weighted by Gasteiger charge is -2.37. The monoisotopic (exact) mass is 401 g/mol. The van der Waals surface area contributed by atoms with Gasteiger partial charge in [0.1, 0.15) is 5.75 Å². The summed E-state index contributed by atoms with van der Waals surface area (Å²) in [5.41, 5.74) is 0.919. The molecule has 2 N–H and O–H groups in total. The molecule has 0 aliphatic carbocycles. The third-order valence-electron chi connectivity index (χ3n) is 4.86. The number of halogens is 1. The van der Waals surface area contributed by atoms with Crippen molar-refractivity contribution in [3.63, 3.8) is 0 Å². The highest BCUT2D eigenvalue weighted by Crippen LogP contribution is 2.37. The topological polar surface area (TPSA) is 50.7 Å². The highest BCUT2D eigenvalue weighted by atomic mass is 79.9. The number of ether oxygens (including phenoxy) is 1. The first-order valence-electron chi connectivity index (χ1n) is 8.11. The zero-order valence-corrected chi connectivity index (χ0v) is 17.2. The first-order chi connectivity index (χ1) is 10.6. The van der Waals surface area contributed by atoms with Gasteiger partial charge in [0.25, 0.3) is 0 Å². The molecule has 2 atom stereocenters. The van der Waals surface area contributed by atoms with Crippen molar-refractivity contribution in [2.75, 3.05) is 18.5 Å². The van der Waals surface area contributed by atoms with Crippen molar-refractivity contribution in [2.24, 2.45) is 0 Å². The zero-order valence-electron chi connectivity index (χ0n) is 14.6. The lowest BCUT2D eigenvalue weighted by molar-refractivity contribution is 0.0791. The molecule has 1 aliphatic heterocycles. The van der Waals surface area contributed by atoms with Crippen molar-refractivity contribution < 1.29 is 14.3 Å². The molecule has 0 unspecified atom stereocenters. The molecule has 1 aliphatic rings. The molecule has 130 valence electrons. The standard InChI is InChI=1S/C17H28BrNO3Si/c1-17(2,3)23(4,5)22-11-15(20)13-8-9-21-16-10-12(18)6-7-14(16)19-13/h6-7,10,13,15,19-20H,8-9,11H2,1-5H3/t13-,15-/m0/s1. The molecule has 2 rings (SSSR count). The Balaban J connectivity index is 2.00. The maximum Gasteiger partial charge on any atom is 0.192 e. The summed E-state index contributed by atoms with van der Waals surface area (Å²) < 4.78 is 12.9. The van der Waals surface area contributed by atoms with Crippen LogP contribution in [0.4, 0.5) is 5.69 Å². The first-order valence-corrected chi connectivity index (χ1v) is 11.8. The Hall–Kier alpha value is -0.563. The Morgan fingerprint density at radius 2 is 2.13 bits per heavy atom. The molecule has 0 fully saturated rings. The molecule has 1 heterocycles. The van der Waals surface area contributed by atoms with Crippen LogP contribution in [-0.4, -0.2) is 38.8 Å². The van der Waals surface area contributed by atoms with E-state index in [4.69, 9.17) is 9.16 Å². The molecule has 4 nitrogen and oxygen atoms in total. The molecule has 0 bridgehead atoms. The Morgan fingerprint density at radius 1 is 1.43 bits per heavy atom. The SMILES string of the molecule is CC(C)(C)[Si](C)(C)OC[C@H](O)[C@@H]1CCOc2cc(Br)ccc2N1. The maximum absolute atomic E-state index is 10.6. The summed E-state index contributed by atoms with van der Waals surface area (Å²) in [7, 11) is -1.85. The minimum Gasteiger partial charge on any atom is -0.491 e. The lowest BCUT2D eigenvalue weighted by atomic mass is 10.1. The number of hydrogen-bond acceptors (Lipinski definition) is 4. The average molecular weight is 402 g/mol. The van der Waals surface area contributed by atoms with Crippen LogP contribution in [-0.2, 0) is 4.43 Å². The number of nitrogens with one attached hydrogen (secondary N) is 1. The third kappa shape index (κ3) is 4.72. The van der Waals surface area contributed by atoms with Crippen LogP contribution in [0.2, 0.25) is 18.1 Å². The summed E-state index contributed by atoms with van der Waals surface area (Å²) in [6.45, 7) is 12.0. The van der Waals surface area contributed by atoms with E-state index < -0.39 is 14.4 Å². The second kappa shape index (κ2) is 7.13. The average Bonchev–Trinajstić information content (AvgIpc) is 2.65. The van der Waals surface area contributed by atoms with Gasteiger partial charge in [0, 0.05) is 10.9 Å². The normalized spacial score (nSPS) is 20.0. The van der Waals surface area contributed by atoms with Gasteiger partial charge in [0.2, 0.25) is 0 Å². The number of benzene rings is 1. The Labute approximate surface area is 148 Å². The Bertz CT molecular complexity index is 545. The quantitative estimate of drug-likeness (QED) is 0.734. The van der Waals surface area contributed by atoms with E-state index in [9.17, 15) is 5.11 Å². The molecule has 0 saturated carbocycles. The van der Waals surface area contributed by atoms with Crippen LogP contribution in [0.15, 0.2) is 22.7 Å². The van der Waals surface area contributed by atoms with Crippen LogP contribution >= 0.6 is 15.9 Å². The van der Waals surface area contributed by atoms with Crippen LogP contribution in [0.5, 0.6) is 5.75 Å². The predicted octanol–water partition coefficient (Wildman–Crippen LogP) is 4.39. The van der Waals surface area contributed by atoms with Gasteiger partial charge in [-0.05, 0) is 36.3 Å². The van der Waals surface area contributed by atoms with Crippen LogP contribution in [0.3, 0.4) is 0 Å². The molecule has 0 radical (unpaired) electrons. The van der Waals surface area contributed by atoms with Gasteiger partial charge >= 0.3 is 0 Å². The lowest BCUT2D eigenvalue weighted by Crippen LogP contribution is -2.45. The predicted molar refractivity (Wildman–Crippen MR) is 101 cm³/mol. The number of anilines is 1. The number of aliphatic hydroxyl groups excluding tert-OH is 1. The Kier molecular flexibility index (Phi) is 5.82. The fraction of sp³-hybridized carbons (Fsp3) is 0.647. The molecule has 1 aromatic carbocycles. The van der Waals surface area contributed by atoms with E-state index >= 15 is 0 Å². The smallest absolute Gasteiger partial charge is 0.192 e. The maximum atomic E-state index is 10.6. The van der Waals surface area contributed by atoms with Crippen LogP contribution in [0, 0.1) is 0 Å². The minimum atomic E-state index is -1.85. The van der Waals surface area contributed by atoms with Crippen molar-refractivity contribution in [2.45, 2.75) is 57.5 Å². The number of fused-ring (bicyclic) bond motifs is 1. The van der Waals surface area contributed by atoms with Crippen molar-refractivity contribution in [1.82, 2.24) is 0 Å². The number of rotatable bonds is 4. The summed E-state index contributed by atoms with van der Waals surface area (Å²) in [5, 5.41) is 14.1. The zero-order chi connectivity index (χ0) is 17.3. The molecular formula is C17H28BrNO3Si. The van der Waals surface area contributed by atoms with Gasteiger partial charge in [-0.25, -0.2) is 0 Å². The second-order valence-corrected chi connectivity index (χ2v) is 13.4. The number of hydrogen-bond donors (Lipinski definition) is 2. The van der Waals surface area contributed by atoms with Crippen molar-refractivity contribution in [3.8, 4) is 5.75 Å². The summed E-state index contributed by atoms with van der Waals surface area (Å²) in [6, 6.07) is 5.82. The minimum absolute atomic E-state index is 0.0674. The van der Waals surface area contributed by atoms with Gasteiger partial charge in [-0.1, -0.05) is 36.7 Å². The van der Waals surface area contributed by atoms with E-state index in [2.05, 4.69) is 55.1 Å². The second-order valence-electron chi connectivity index (χ2n) is 7.67. The molecular weight excluding hydrogens is 374 g/mol. The first kappa shape index (κ1) is 18.8. The van der Waals surface area contributed by atoms with Gasteiger partial charge in [0.05, 0.1) is 31.0 Å². The molecule has 6 heteroatoms. The van der Waals surface area contributed by atoms with Gasteiger partial charge in [-0.2, -0.15) is 0 Å². The summed E-state index contributed by atoms with van der Waals surface area (Å²) >= 11 is 3.45. The van der Waals surface area contributed by atoms with Gasteiger partial charge in [-0.3, -0.25) is 0 Å².